The maximum atomic E-state index is 13.8. The smallest absolute Gasteiger partial charge is 0.366 e. The molecule has 0 spiro atoms. The van der Waals surface area contributed by atoms with E-state index < -0.39 is 23.3 Å². The van der Waals surface area contributed by atoms with E-state index in [0.29, 0.717) is 55.6 Å². The minimum atomic E-state index is -4.78. The number of amides is 1. The molecule has 1 aliphatic heterocycles. The van der Waals surface area contributed by atoms with Crippen LogP contribution in [0, 0.1) is 5.92 Å². The van der Waals surface area contributed by atoms with E-state index in [1.807, 2.05) is 19.1 Å². The molecular formula is C29H27ClF3N7O2. The van der Waals surface area contributed by atoms with Gasteiger partial charge in [-0.25, -0.2) is 24.3 Å². The van der Waals surface area contributed by atoms with Gasteiger partial charge in [0.15, 0.2) is 11.3 Å². The Labute approximate surface area is 243 Å². The van der Waals surface area contributed by atoms with Crippen molar-refractivity contribution >= 4 is 40.1 Å². The van der Waals surface area contributed by atoms with E-state index >= 15 is 0 Å². The lowest BCUT2D eigenvalue weighted by Crippen LogP contribution is -2.39. The average Bonchev–Trinajstić information content (AvgIpc) is 3.24. The highest BCUT2D eigenvalue weighted by atomic mass is 35.5. The fourth-order valence-electron chi connectivity index (χ4n) is 5.77. The summed E-state index contributed by atoms with van der Waals surface area (Å²) in [5.74, 6) is 0.0448. The van der Waals surface area contributed by atoms with Gasteiger partial charge in [0, 0.05) is 37.1 Å². The number of nitrogens with one attached hydrogen (secondary N) is 2. The number of nitrogens with zero attached hydrogens (tertiary/aromatic N) is 5. The highest BCUT2D eigenvalue weighted by Gasteiger charge is 2.38. The largest absolute Gasteiger partial charge is 0.434 e. The molecule has 2 N–H and O–H groups in total. The second kappa shape index (κ2) is 10.9. The number of hydrogen-bond acceptors (Lipinski definition) is 6. The Hall–Kier alpha value is -4.19. The summed E-state index contributed by atoms with van der Waals surface area (Å²) in [4.78, 5) is 38.9. The van der Waals surface area contributed by atoms with Crippen LogP contribution in [0.1, 0.15) is 54.2 Å². The highest BCUT2D eigenvalue weighted by molar-refractivity contribution is 6.30. The molecule has 13 heteroatoms. The first kappa shape index (κ1) is 28.0. The Bertz CT molecular complexity index is 1770. The van der Waals surface area contributed by atoms with E-state index in [1.165, 1.54) is 0 Å². The first-order valence-corrected chi connectivity index (χ1v) is 14.0. The zero-order valence-corrected chi connectivity index (χ0v) is 23.3. The predicted molar refractivity (Wildman–Crippen MR) is 153 cm³/mol. The Morgan fingerprint density at radius 1 is 1.14 bits per heavy atom. The van der Waals surface area contributed by atoms with Gasteiger partial charge < -0.3 is 10.6 Å². The second-order valence-corrected chi connectivity index (χ2v) is 11.1. The minimum absolute atomic E-state index is 0.0506. The summed E-state index contributed by atoms with van der Waals surface area (Å²) in [7, 11) is 0. The van der Waals surface area contributed by atoms with Crippen molar-refractivity contribution in [3.8, 4) is 5.69 Å². The van der Waals surface area contributed by atoms with Crippen molar-refractivity contribution in [1.82, 2.24) is 29.4 Å². The van der Waals surface area contributed by atoms with E-state index in [-0.39, 0.29) is 22.7 Å². The number of halogens is 4. The Balaban J connectivity index is 1.19. The fraction of sp³-hybridized carbons (Fsp3) is 0.345. The van der Waals surface area contributed by atoms with E-state index in [4.69, 9.17) is 11.6 Å². The second-order valence-electron chi connectivity index (χ2n) is 10.7. The number of carbonyl (C=O) groups is 1. The number of aromatic nitrogens is 5. The monoisotopic (exact) mass is 597 g/mol. The molecule has 9 nitrogen and oxygen atoms in total. The summed E-state index contributed by atoms with van der Waals surface area (Å²) in [5, 5.41) is 5.91. The van der Waals surface area contributed by atoms with E-state index in [1.54, 1.807) is 27.6 Å². The van der Waals surface area contributed by atoms with Crippen molar-refractivity contribution in [2.75, 3.05) is 11.9 Å². The van der Waals surface area contributed by atoms with Crippen LogP contribution < -0.4 is 16.3 Å². The molecule has 0 radical (unpaired) electrons. The van der Waals surface area contributed by atoms with Crippen molar-refractivity contribution in [3.05, 3.63) is 81.3 Å². The Morgan fingerprint density at radius 2 is 1.93 bits per heavy atom. The van der Waals surface area contributed by atoms with Gasteiger partial charge in [-0.15, -0.1) is 0 Å². The molecule has 0 atom stereocenters. The molecule has 42 heavy (non-hydrogen) atoms. The number of anilines is 1. The third-order valence-corrected chi connectivity index (χ3v) is 8.12. The van der Waals surface area contributed by atoms with Crippen LogP contribution in [-0.4, -0.2) is 42.6 Å². The van der Waals surface area contributed by atoms with Crippen molar-refractivity contribution in [2.24, 2.45) is 5.92 Å². The lowest BCUT2D eigenvalue weighted by Gasteiger charge is -2.29. The topological polar surface area (TPSA) is 107 Å². The SMILES string of the molecule is CC1=CCNc2ncc(-n3c(=O)n(C[C@H]4CC[C@H](NC(=O)c5cc(Cl)cnc5C(F)(F)F)CC4)c4cccnc43)cc21. The molecule has 0 bridgehead atoms. The van der Waals surface area contributed by atoms with E-state index in [0.717, 1.165) is 29.2 Å². The molecule has 1 saturated carbocycles. The first-order chi connectivity index (χ1) is 20.1. The number of allylic oxidation sites excluding steroid dienone is 1. The molecule has 4 aromatic heterocycles. The van der Waals surface area contributed by atoms with Gasteiger partial charge in [0.2, 0.25) is 0 Å². The fourth-order valence-corrected chi connectivity index (χ4v) is 5.93. The molecule has 6 rings (SSSR count). The maximum Gasteiger partial charge on any atom is 0.434 e. The first-order valence-electron chi connectivity index (χ1n) is 13.6. The van der Waals surface area contributed by atoms with E-state index in [9.17, 15) is 22.8 Å². The lowest BCUT2D eigenvalue weighted by atomic mass is 9.85. The standard InChI is InChI=1S/C29H27ClF3N7O2/c1-16-8-10-34-25-21(16)12-20(14-37-25)40-26-23(3-2-9-35-26)39(28(40)42)15-17-4-6-19(7-5-17)38-27(41)22-11-18(30)13-36-24(22)29(31,32)33/h2-3,8-9,11-14,17,19H,4-7,10,15H2,1H3,(H,34,37)(H,38,41)/t17-,19-. The van der Waals surface area contributed by atoms with Gasteiger partial charge in [0.05, 0.1) is 28.0 Å². The van der Waals surface area contributed by atoms with Gasteiger partial charge in [0.1, 0.15) is 5.82 Å². The number of fused-ring (bicyclic) bond motifs is 2. The van der Waals surface area contributed by atoms with Gasteiger partial charge in [-0.2, -0.15) is 13.2 Å². The molecule has 2 aliphatic rings. The molecule has 1 aliphatic carbocycles. The van der Waals surface area contributed by atoms with Crippen LogP contribution in [-0.2, 0) is 12.7 Å². The van der Waals surface area contributed by atoms with Gasteiger partial charge in [0.25, 0.3) is 5.91 Å². The molecule has 1 fully saturated rings. The summed E-state index contributed by atoms with van der Waals surface area (Å²) < 4.78 is 43.5. The molecule has 0 aromatic carbocycles. The number of hydrogen-bond donors (Lipinski definition) is 2. The maximum absolute atomic E-state index is 13.8. The molecule has 1 amide bonds. The predicted octanol–water partition coefficient (Wildman–Crippen LogP) is 5.47. The lowest BCUT2D eigenvalue weighted by molar-refractivity contribution is -0.141. The van der Waals surface area contributed by atoms with Crippen LogP contribution in [0.5, 0.6) is 0 Å². The van der Waals surface area contributed by atoms with Crippen LogP contribution in [0.25, 0.3) is 22.4 Å². The summed E-state index contributed by atoms with van der Waals surface area (Å²) in [5.41, 5.74) is 1.78. The summed E-state index contributed by atoms with van der Waals surface area (Å²) in [6, 6.07) is 6.27. The number of alkyl halides is 3. The normalized spacial score (nSPS) is 18.7. The Morgan fingerprint density at radius 3 is 2.69 bits per heavy atom. The molecular weight excluding hydrogens is 571 g/mol. The van der Waals surface area contributed by atoms with Crippen LogP contribution in [0.3, 0.4) is 0 Å². The van der Waals surface area contributed by atoms with Crippen molar-refractivity contribution in [2.45, 2.75) is 51.4 Å². The van der Waals surface area contributed by atoms with Crippen LogP contribution in [0.2, 0.25) is 5.02 Å². The van der Waals surface area contributed by atoms with Crippen LogP contribution in [0.4, 0.5) is 19.0 Å². The van der Waals surface area contributed by atoms with Gasteiger partial charge in [-0.3, -0.25) is 9.36 Å². The average molecular weight is 598 g/mol. The van der Waals surface area contributed by atoms with Crippen molar-refractivity contribution in [3.63, 3.8) is 0 Å². The molecule has 5 heterocycles. The number of rotatable bonds is 5. The number of imidazole rings is 1. The number of carbonyl (C=O) groups excluding carboxylic acids is 1. The molecule has 0 saturated heterocycles. The van der Waals surface area contributed by atoms with Gasteiger partial charge >= 0.3 is 11.9 Å². The van der Waals surface area contributed by atoms with Crippen molar-refractivity contribution in [1.29, 1.82) is 0 Å². The minimum Gasteiger partial charge on any atom is -0.366 e. The van der Waals surface area contributed by atoms with Gasteiger partial charge in [-0.1, -0.05) is 17.7 Å². The van der Waals surface area contributed by atoms with Crippen LogP contribution >= 0.6 is 11.6 Å². The van der Waals surface area contributed by atoms with Crippen LogP contribution in [0.15, 0.2) is 53.7 Å². The van der Waals surface area contributed by atoms with E-state index in [2.05, 4.69) is 31.7 Å². The highest BCUT2D eigenvalue weighted by Crippen LogP contribution is 2.33. The zero-order valence-electron chi connectivity index (χ0n) is 22.6. The summed E-state index contributed by atoms with van der Waals surface area (Å²) >= 11 is 5.83. The molecule has 0 unspecified atom stereocenters. The Kier molecular flexibility index (Phi) is 7.25. The zero-order chi connectivity index (χ0) is 29.6. The number of pyridine rings is 3. The third kappa shape index (κ3) is 5.26. The van der Waals surface area contributed by atoms with Crippen molar-refractivity contribution < 1.29 is 18.0 Å². The van der Waals surface area contributed by atoms with Gasteiger partial charge in [-0.05, 0) is 68.4 Å². The summed E-state index contributed by atoms with van der Waals surface area (Å²) in [6.07, 6.45) is 3.95. The quantitative estimate of drug-likeness (QED) is 0.316. The third-order valence-electron chi connectivity index (χ3n) is 7.92. The molecule has 4 aromatic rings. The summed E-state index contributed by atoms with van der Waals surface area (Å²) in [6.45, 7) is 3.16. The molecule has 218 valence electrons.